The number of hydrogen-bond donors (Lipinski definition) is 2. The Morgan fingerprint density at radius 2 is 1.77 bits per heavy atom. The summed E-state index contributed by atoms with van der Waals surface area (Å²) in [6.45, 7) is 5.59. The van der Waals surface area contributed by atoms with Gasteiger partial charge in [0.05, 0.1) is 0 Å². The molecule has 26 heavy (non-hydrogen) atoms. The van der Waals surface area contributed by atoms with Crippen molar-refractivity contribution < 1.29 is 13.2 Å². The summed E-state index contributed by atoms with van der Waals surface area (Å²) in [7, 11) is -3.69. The number of sulfonamides is 1. The fourth-order valence-corrected chi connectivity index (χ4v) is 4.92. The highest BCUT2D eigenvalue weighted by atomic mass is 32.2. The summed E-state index contributed by atoms with van der Waals surface area (Å²) in [4.78, 5) is 12.6. The molecule has 2 atom stereocenters. The van der Waals surface area contributed by atoms with Crippen LogP contribution in [0.5, 0.6) is 0 Å². The molecular weight excluding hydrogens is 368 g/mol. The lowest BCUT2D eigenvalue weighted by Gasteiger charge is -2.23. The molecule has 0 aliphatic rings. The summed E-state index contributed by atoms with van der Waals surface area (Å²) in [5.41, 5.74) is 1.22. The molecule has 1 aromatic carbocycles. The normalized spacial score (nSPS) is 14.2. The van der Waals surface area contributed by atoms with E-state index in [1.807, 2.05) is 39.0 Å². The van der Waals surface area contributed by atoms with Crippen molar-refractivity contribution in [3.63, 3.8) is 0 Å². The number of hydrogen-bond acceptors (Lipinski definition) is 4. The predicted octanol–water partition coefficient (Wildman–Crippen LogP) is 3.19. The quantitative estimate of drug-likeness (QED) is 0.686. The van der Waals surface area contributed by atoms with E-state index in [9.17, 15) is 13.2 Å². The highest BCUT2D eigenvalue weighted by molar-refractivity contribution is 7.91. The van der Waals surface area contributed by atoms with Gasteiger partial charge in [0.1, 0.15) is 10.3 Å². The van der Waals surface area contributed by atoms with Crippen LogP contribution in [0.1, 0.15) is 32.8 Å². The van der Waals surface area contributed by atoms with Crippen LogP contribution in [-0.4, -0.2) is 26.4 Å². The van der Waals surface area contributed by atoms with E-state index in [1.54, 1.807) is 11.4 Å². The Morgan fingerprint density at radius 3 is 2.35 bits per heavy atom. The zero-order valence-corrected chi connectivity index (χ0v) is 16.9. The van der Waals surface area contributed by atoms with Crippen molar-refractivity contribution in [2.24, 2.45) is 5.92 Å². The first kappa shape index (κ1) is 20.6. The smallest absolute Gasteiger partial charge is 0.250 e. The maximum atomic E-state index is 12.6. The molecular formula is C19H26N2O3S2. The molecule has 0 spiro atoms. The first-order chi connectivity index (χ1) is 12.3. The van der Waals surface area contributed by atoms with Crippen molar-refractivity contribution >= 4 is 27.3 Å². The zero-order chi connectivity index (χ0) is 19.2. The van der Waals surface area contributed by atoms with Crippen molar-refractivity contribution in [2.75, 3.05) is 0 Å². The average Bonchev–Trinajstić information content (AvgIpc) is 3.14. The summed E-state index contributed by atoms with van der Waals surface area (Å²) in [5.74, 6) is -0.452. The Labute approximate surface area is 159 Å². The summed E-state index contributed by atoms with van der Waals surface area (Å²) in [6.07, 6.45) is 1.65. The second-order valence-corrected chi connectivity index (χ2v) is 9.60. The SMILES string of the molecule is CC(CCc1ccccc1)NC(=O)C(NS(=O)(=O)c1cccs1)C(C)C. The van der Waals surface area contributed by atoms with Gasteiger partial charge in [0.2, 0.25) is 5.91 Å². The molecule has 5 nitrogen and oxygen atoms in total. The van der Waals surface area contributed by atoms with E-state index in [0.717, 1.165) is 24.2 Å². The summed E-state index contributed by atoms with van der Waals surface area (Å²) >= 11 is 1.13. The number of benzene rings is 1. The third kappa shape index (κ3) is 5.93. The van der Waals surface area contributed by atoms with Crippen molar-refractivity contribution in [1.29, 1.82) is 0 Å². The average molecular weight is 395 g/mol. The molecule has 0 aliphatic heterocycles. The minimum atomic E-state index is -3.69. The number of nitrogens with one attached hydrogen (secondary N) is 2. The van der Waals surface area contributed by atoms with Crippen LogP contribution in [0.3, 0.4) is 0 Å². The van der Waals surface area contributed by atoms with Crippen LogP contribution < -0.4 is 10.0 Å². The number of rotatable bonds is 9. The third-order valence-corrected chi connectivity index (χ3v) is 6.93. The van der Waals surface area contributed by atoms with Gasteiger partial charge in [0, 0.05) is 6.04 Å². The van der Waals surface area contributed by atoms with E-state index in [4.69, 9.17) is 0 Å². The molecule has 0 saturated carbocycles. The highest BCUT2D eigenvalue weighted by Gasteiger charge is 2.29. The Bertz CT molecular complexity index is 787. The van der Waals surface area contributed by atoms with Crippen LogP contribution in [0.25, 0.3) is 0 Å². The van der Waals surface area contributed by atoms with Gasteiger partial charge >= 0.3 is 0 Å². The van der Waals surface area contributed by atoms with Gasteiger partial charge in [-0.05, 0) is 42.7 Å². The Balaban J connectivity index is 1.95. The first-order valence-corrected chi connectivity index (χ1v) is 11.1. The fraction of sp³-hybridized carbons (Fsp3) is 0.421. The molecule has 0 aliphatic carbocycles. The summed E-state index contributed by atoms with van der Waals surface area (Å²) in [6, 6.07) is 12.4. The minimum absolute atomic E-state index is 0.0461. The molecule has 1 aromatic heterocycles. The molecule has 1 heterocycles. The molecule has 2 unspecified atom stereocenters. The van der Waals surface area contributed by atoms with Gasteiger partial charge in [-0.15, -0.1) is 11.3 Å². The van der Waals surface area contributed by atoms with Gasteiger partial charge < -0.3 is 5.32 Å². The van der Waals surface area contributed by atoms with Gasteiger partial charge in [-0.3, -0.25) is 4.79 Å². The van der Waals surface area contributed by atoms with Crippen molar-refractivity contribution in [3.8, 4) is 0 Å². The Hall–Kier alpha value is -1.70. The maximum Gasteiger partial charge on any atom is 0.250 e. The second kappa shape index (κ2) is 9.30. The Morgan fingerprint density at radius 1 is 1.08 bits per heavy atom. The molecule has 1 amide bonds. The van der Waals surface area contributed by atoms with E-state index >= 15 is 0 Å². The molecule has 2 rings (SSSR count). The van der Waals surface area contributed by atoms with E-state index in [-0.39, 0.29) is 22.1 Å². The summed E-state index contributed by atoms with van der Waals surface area (Å²) in [5, 5.41) is 4.64. The number of thiophene rings is 1. The topological polar surface area (TPSA) is 75.3 Å². The Kier molecular flexibility index (Phi) is 7.37. The van der Waals surface area contributed by atoms with Crippen molar-refractivity contribution in [2.45, 2.75) is 49.9 Å². The lowest BCUT2D eigenvalue weighted by atomic mass is 10.0. The third-order valence-electron chi connectivity index (χ3n) is 4.09. The number of carbonyl (C=O) groups is 1. The first-order valence-electron chi connectivity index (χ1n) is 8.69. The van der Waals surface area contributed by atoms with Crippen LogP contribution in [0.15, 0.2) is 52.1 Å². The van der Waals surface area contributed by atoms with Crippen molar-refractivity contribution in [1.82, 2.24) is 10.0 Å². The monoisotopic (exact) mass is 394 g/mol. The molecule has 0 saturated heterocycles. The molecule has 2 aromatic rings. The lowest BCUT2D eigenvalue weighted by molar-refractivity contribution is -0.124. The van der Waals surface area contributed by atoms with Gasteiger partial charge in [-0.25, -0.2) is 8.42 Å². The number of aryl methyl sites for hydroxylation is 1. The fourth-order valence-electron chi connectivity index (χ4n) is 2.57. The molecule has 0 bridgehead atoms. The number of amides is 1. The number of carbonyl (C=O) groups excluding carboxylic acids is 1. The largest absolute Gasteiger partial charge is 0.352 e. The second-order valence-electron chi connectivity index (χ2n) is 6.71. The van der Waals surface area contributed by atoms with Gasteiger partial charge in [-0.1, -0.05) is 50.2 Å². The van der Waals surface area contributed by atoms with Gasteiger partial charge in [0.15, 0.2) is 0 Å². The van der Waals surface area contributed by atoms with E-state index in [0.29, 0.717) is 0 Å². The van der Waals surface area contributed by atoms with Gasteiger partial charge in [0.25, 0.3) is 10.0 Å². The molecule has 142 valence electrons. The predicted molar refractivity (Wildman–Crippen MR) is 106 cm³/mol. The minimum Gasteiger partial charge on any atom is -0.352 e. The van der Waals surface area contributed by atoms with Crippen LogP contribution in [0.4, 0.5) is 0 Å². The van der Waals surface area contributed by atoms with E-state index in [2.05, 4.69) is 22.2 Å². The molecule has 2 N–H and O–H groups in total. The lowest BCUT2D eigenvalue weighted by Crippen LogP contribution is -2.51. The van der Waals surface area contributed by atoms with Crippen molar-refractivity contribution in [3.05, 3.63) is 53.4 Å². The van der Waals surface area contributed by atoms with Crippen LogP contribution >= 0.6 is 11.3 Å². The molecule has 0 fully saturated rings. The highest BCUT2D eigenvalue weighted by Crippen LogP contribution is 2.17. The van der Waals surface area contributed by atoms with Crippen LogP contribution in [0.2, 0.25) is 0 Å². The van der Waals surface area contributed by atoms with E-state index < -0.39 is 16.1 Å². The molecule has 0 radical (unpaired) electrons. The molecule has 7 heteroatoms. The van der Waals surface area contributed by atoms with Crippen LogP contribution in [0, 0.1) is 5.92 Å². The van der Waals surface area contributed by atoms with E-state index in [1.165, 1.54) is 11.6 Å². The van der Waals surface area contributed by atoms with Gasteiger partial charge in [-0.2, -0.15) is 4.72 Å². The standard InChI is InChI=1S/C19H26N2O3S2/c1-14(2)18(21-26(23,24)17-10-7-13-25-17)19(22)20-15(3)11-12-16-8-5-4-6-9-16/h4-10,13-15,18,21H,11-12H2,1-3H3,(H,20,22). The summed E-state index contributed by atoms with van der Waals surface area (Å²) < 4.78 is 27.6. The zero-order valence-electron chi connectivity index (χ0n) is 15.3. The maximum absolute atomic E-state index is 12.6. The van der Waals surface area contributed by atoms with Crippen LogP contribution in [-0.2, 0) is 21.2 Å².